The van der Waals surface area contributed by atoms with Crippen molar-refractivity contribution < 1.29 is 24.6 Å². The number of aliphatic carboxylic acids is 1. The summed E-state index contributed by atoms with van der Waals surface area (Å²) in [5, 5.41) is 22.9. The number of aliphatic hydroxyl groups is 1. The molecule has 1 heterocycles. The maximum atomic E-state index is 12.5. The summed E-state index contributed by atoms with van der Waals surface area (Å²) in [6.45, 7) is 3.54. The van der Waals surface area contributed by atoms with Gasteiger partial charge in [0.2, 0.25) is 5.78 Å². The second kappa shape index (κ2) is 10.1. The van der Waals surface area contributed by atoms with Gasteiger partial charge in [0.25, 0.3) is 0 Å². The minimum Gasteiger partial charge on any atom is -0.475 e. The van der Waals surface area contributed by atoms with Crippen LogP contribution in [0.2, 0.25) is 0 Å². The lowest BCUT2D eigenvalue weighted by molar-refractivity contribution is -0.153. The van der Waals surface area contributed by atoms with Crippen LogP contribution < -0.4 is 5.32 Å². The molecule has 3 atom stereocenters. The highest BCUT2D eigenvalue weighted by Crippen LogP contribution is 2.30. The molecule has 2 rings (SSSR count). The minimum atomic E-state index is -1.50. The van der Waals surface area contributed by atoms with E-state index in [0.717, 1.165) is 25.7 Å². The van der Waals surface area contributed by atoms with E-state index in [1.165, 1.54) is 6.42 Å². The summed E-state index contributed by atoms with van der Waals surface area (Å²) >= 11 is 0. The van der Waals surface area contributed by atoms with E-state index in [2.05, 4.69) is 5.32 Å². The molecule has 1 saturated carbocycles. The molecule has 1 unspecified atom stereocenters. The van der Waals surface area contributed by atoms with E-state index in [9.17, 15) is 24.6 Å². The van der Waals surface area contributed by atoms with Crippen LogP contribution in [0, 0.1) is 11.8 Å². The SMILES string of the molecule is CCC(=O)[C@H](C(CC[C@H](O)C1CCCCC1)C(=O)C(=O)O)N1CCNC1. The van der Waals surface area contributed by atoms with Crippen LogP contribution >= 0.6 is 0 Å². The van der Waals surface area contributed by atoms with Crippen molar-refractivity contribution in [2.75, 3.05) is 19.8 Å². The number of nitrogens with zero attached hydrogens (tertiary/aromatic N) is 1. The molecule has 0 aromatic carbocycles. The molecule has 2 fully saturated rings. The zero-order valence-corrected chi connectivity index (χ0v) is 15.7. The van der Waals surface area contributed by atoms with E-state index in [4.69, 9.17) is 0 Å². The fourth-order valence-electron chi connectivity index (χ4n) is 4.35. The Morgan fingerprint density at radius 1 is 1.15 bits per heavy atom. The lowest BCUT2D eigenvalue weighted by Crippen LogP contribution is -2.49. The van der Waals surface area contributed by atoms with Crippen molar-refractivity contribution in [3.8, 4) is 0 Å². The summed E-state index contributed by atoms with van der Waals surface area (Å²) in [5.41, 5.74) is 0. The lowest BCUT2D eigenvalue weighted by Gasteiger charge is -2.33. The number of nitrogens with one attached hydrogen (secondary N) is 1. The maximum absolute atomic E-state index is 12.5. The van der Waals surface area contributed by atoms with Crippen molar-refractivity contribution in [2.45, 2.75) is 70.4 Å². The van der Waals surface area contributed by atoms with Gasteiger partial charge in [0.05, 0.1) is 18.1 Å². The van der Waals surface area contributed by atoms with Gasteiger partial charge in [-0.2, -0.15) is 0 Å². The van der Waals surface area contributed by atoms with E-state index in [1.807, 2.05) is 4.90 Å². The fourth-order valence-corrected chi connectivity index (χ4v) is 4.35. The summed E-state index contributed by atoms with van der Waals surface area (Å²) < 4.78 is 0. The Morgan fingerprint density at radius 3 is 2.38 bits per heavy atom. The molecule has 7 nitrogen and oxygen atoms in total. The number of aliphatic hydroxyl groups excluding tert-OH is 1. The van der Waals surface area contributed by atoms with Crippen LogP contribution in [0.5, 0.6) is 0 Å². The molecular formula is C19H32N2O5. The third-order valence-electron chi connectivity index (χ3n) is 5.86. The first-order chi connectivity index (χ1) is 12.5. The third kappa shape index (κ3) is 5.34. The van der Waals surface area contributed by atoms with Crippen LogP contribution in [0.3, 0.4) is 0 Å². The van der Waals surface area contributed by atoms with Gasteiger partial charge in [-0.25, -0.2) is 4.79 Å². The first-order valence-electron chi connectivity index (χ1n) is 9.88. The molecule has 0 radical (unpaired) electrons. The van der Waals surface area contributed by atoms with Crippen LogP contribution in [0.4, 0.5) is 0 Å². The van der Waals surface area contributed by atoms with Gasteiger partial charge in [-0.05, 0) is 31.6 Å². The highest BCUT2D eigenvalue weighted by Gasteiger charge is 2.40. The standard InChI is InChI=1S/C19H32N2O5/c1-2-15(22)17(21-11-10-20-12-21)14(18(24)19(25)26)8-9-16(23)13-6-4-3-5-7-13/h13-14,16-17,20,23H,2-12H2,1H3,(H,25,26)/t14?,16-,17-/m0/s1. The quantitative estimate of drug-likeness (QED) is 0.497. The van der Waals surface area contributed by atoms with Gasteiger partial charge in [0.1, 0.15) is 5.78 Å². The molecule has 0 spiro atoms. The van der Waals surface area contributed by atoms with Gasteiger partial charge in [-0.3, -0.25) is 14.5 Å². The molecule has 3 N–H and O–H groups in total. The van der Waals surface area contributed by atoms with Gasteiger partial charge >= 0.3 is 5.97 Å². The second-order valence-corrected chi connectivity index (χ2v) is 7.55. The molecule has 0 aromatic heterocycles. The largest absolute Gasteiger partial charge is 0.475 e. The summed E-state index contributed by atoms with van der Waals surface area (Å²) in [6, 6.07) is -0.725. The minimum absolute atomic E-state index is 0.111. The van der Waals surface area contributed by atoms with E-state index in [-0.39, 0.29) is 24.5 Å². The molecule has 26 heavy (non-hydrogen) atoms. The molecule has 1 saturated heterocycles. The normalized spacial score (nSPS) is 22.7. The van der Waals surface area contributed by atoms with Crippen LogP contribution in [0.15, 0.2) is 0 Å². The van der Waals surface area contributed by atoms with Gasteiger partial charge in [0, 0.05) is 26.2 Å². The van der Waals surface area contributed by atoms with Crippen LogP contribution in [0.1, 0.15) is 58.3 Å². The Hall–Kier alpha value is -1.31. The first-order valence-corrected chi connectivity index (χ1v) is 9.88. The number of hydrogen-bond acceptors (Lipinski definition) is 6. The Bertz CT molecular complexity index is 498. The third-order valence-corrected chi connectivity index (χ3v) is 5.86. The number of hydrogen-bond donors (Lipinski definition) is 3. The van der Waals surface area contributed by atoms with Crippen molar-refractivity contribution in [3.05, 3.63) is 0 Å². The number of carboxylic acid groups (broad SMARTS) is 1. The Kier molecular flexibility index (Phi) is 8.18. The van der Waals surface area contributed by atoms with E-state index in [1.54, 1.807) is 6.92 Å². The maximum Gasteiger partial charge on any atom is 0.372 e. The Balaban J connectivity index is 2.11. The first kappa shape index (κ1) is 21.0. The average Bonchev–Trinajstić information content (AvgIpc) is 3.18. The van der Waals surface area contributed by atoms with Gasteiger partial charge in [-0.15, -0.1) is 0 Å². The molecule has 148 valence electrons. The zero-order valence-electron chi connectivity index (χ0n) is 15.7. The zero-order chi connectivity index (χ0) is 19.1. The van der Waals surface area contributed by atoms with Crippen LogP contribution in [0.25, 0.3) is 0 Å². The number of carboxylic acids is 1. The fraction of sp³-hybridized carbons (Fsp3) is 0.842. The van der Waals surface area contributed by atoms with Crippen LogP contribution in [-0.4, -0.2) is 64.6 Å². The molecule has 7 heteroatoms. The molecular weight excluding hydrogens is 336 g/mol. The topological polar surface area (TPSA) is 107 Å². The van der Waals surface area contributed by atoms with E-state index < -0.39 is 29.8 Å². The summed E-state index contributed by atoms with van der Waals surface area (Å²) in [4.78, 5) is 38.1. The summed E-state index contributed by atoms with van der Waals surface area (Å²) in [5.74, 6) is -3.21. The molecule has 1 aliphatic heterocycles. The molecule has 0 amide bonds. The van der Waals surface area contributed by atoms with Crippen molar-refractivity contribution in [3.63, 3.8) is 0 Å². The lowest BCUT2D eigenvalue weighted by atomic mass is 9.80. The predicted molar refractivity (Wildman–Crippen MR) is 96.6 cm³/mol. The smallest absolute Gasteiger partial charge is 0.372 e. The van der Waals surface area contributed by atoms with Crippen molar-refractivity contribution in [2.24, 2.45) is 11.8 Å². The molecule has 0 bridgehead atoms. The van der Waals surface area contributed by atoms with Crippen molar-refractivity contribution in [1.82, 2.24) is 10.2 Å². The number of carbonyl (C=O) groups excluding carboxylic acids is 2. The van der Waals surface area contributed by atoms with Gasteiger partial charge < -0.3 is 15.5 Å². The van der Waals surface area contributed by atoms with E-state index in [0.29, 0.717) is 26.2 Å². The predicted octanol–water partition coefficient (Wildman–Crippen LogP) is 1.19. The van der Waals surface area contributed by atoms with Crippen molar-refractivity contribution >= 4 is 17.5 Å². The van der Waals surface area contributed by atoms with E-state index >= 15 is 0 Å². The Labute approximate surface area is 155 Å². The van der Waals surface area contributed by atoms with Gasteiger partial charge in [0.15, 0.2) is 0 Å². The molecule has 1 aliphatic carbocycles. The number of ketones is 2. The van der Waals surface area contributed by atoms with Gasteiger partial charge in [-0.1, -0.05) is 26.2 Å². The second-order valence-electron chi connectivity index (χ2n) is 7.55. The Morgan fingerprint density at radius 2 is 1.85 bits per heavy atom. The number of carbonyl (C=O) groups is 3. The molecule has 2 aliphatic rings. The number of rotatable bonds is 10. The highest BCUT2D eigenvalue weighted by molar-refractivity contribution is 6.34. The average molecular weight is 368 g/mol. The summed E-state index contributed by atoms with van der Waals surface area (Å²) in [7, 11) is 0. The van der Waals surface area contributed by atoms with Crippen molar-refractivity contribution in [1.29, 1.82) is 0 Å². The summed E-state index contributed by atoms with van der Waals surface area (Å²) in [6.07, 6.45) is 5.68. The van der Waals surface area contributed by atoms with Crippen LogP contribution in [-0.2, 0) is 14.4 Å². The highest BCUT2D eigenvalue weighted by atomic mass is 16.4. The number of Topliss-reactive ketones (excluding diaryl/α,β-unsaturated/α-hetero) is 2. The molecule has 0 aromatic rings. The monoisotopic (exact) mass is 368 g/mol.